The van der Waals surface area contributed by atoms with Gasteiger partial charge in [0.1, 0.15) is 5.82 Å². The van der Waals surface area contributed by atoms with E-state index < -0.39 is 5.97 Å². The molecule has 16 heavy (non-hydrogen) atoms. The van der Waals surface area contributed by atoms with Gasteiger partial charge >= 0.3 is 5.97 Å². The standard InChI is InChI=1S/C11H13N3O2/c1-4-7-11(2,3)12-9-6-5-8(10(15)16)13-14-9/h1,5-6H,7H2,2-3H3,(H,12,14)(H,15,16). The van der Waals surface area contributed by atoms with Gasteiger partial charge in [0.2, 0.25) is 0 Å². The van der Waals surface area contributed by atoms with Gasteiger partial charge in [-0.15, -0.1) is 22.5 Å². The van der Waals surface area contributed by atoms with E-state index >= 15 is 0 Å². The van der Waals surface area contributed by atoms with Crippen LogP contribution in [0.3, 0.4) is 0 Å². The van der Waals surface area contributed by atoms with Gasteiger partial charge in [0.25, 0.3) is 0 Å². The van der Waals surface area contributed by atoms with Crippen molar-refractivity contribution in [1.82, 2.24) is 10.2 Å². The molecule has 1 aromatic rings. The second kappa shape index (κ2) is 4.62. The molecule has 0 amide bonds. The molecule has 0 unspecified atom stereocenters. The van der Waals surface area contributed by atoms with E-state index in [1.165, 1.54) is 6.07 Å². The summed E-state index contributed by atoms with van der Waals surface area (Å²) in [6.45, 7) is 3.86. The Morgan fingerprint density at radius 2 is 2.25 bits per heavy atom. The van der Waals surface area contributed by atoms with Crippen LogP contribution in [0, 0.1) is 12.3 Å². The smallest absolute Gasteiger partial charge is 0.356 e. The van der Waals surface area contributed by atoms with Crippen molar-refractivity contribution < 1.29 is 9.90 Å². The fourth-order valence-corrected chi connectivity index (χ4v) is 1.16. The molecule has 1 aromatic heterocycles. The first-order chi connectivity index (χ1) is 7.44. The van der Waals surface area contributed by atoms with Gasteiger partial charge in [-0.05, 0) is 26.0 Å². The largest absolute Gasteiger partial charge is 0.476 e. The van der Waals surface area contributed by atoms with E-state index in [4.69, 9.17) is 11.5 Å². The van der Waals surface area contributed by atoms with E-state index in [1.54, 1.807) is 6.07 Å². The molecule has 0 bridgehead atoms. The van der Waals surface area contributed by atoms with Crippen LogP contribution >= 0.6 is 0 Å². The fraction of sp³-hybridized carbons (Fsp3) is 0.364. The molecule has 0 spiro atoms. The van der Waals surface area contributed by atoms with Crippen LogP contribution in [0.1, 0.15) is 30.8 Å². The molecule has 0 radical (unpaired) electrons. The van der Waals surface area contributed by atoms with Crippen LogP contribution in [-0.4, -0.2) is 26.8 Å². The third-order valence-corrected chi connectivity index (χ3v) is 1.89. The third-order valence-electron chi connectivity index (χ3n) is 1.89. The SMILES string of the molecule is C#CCC(C)(C)Nc1ccc(C(=O)O)nn1. The minimum Gasteiger partial charge on any atom is -0.476 e. The predicted molar refractivity (Wildman–Crippen MR) is 60.1 cm³/mol. The van der Waals surface area contributed by atoms with Crippen LogP contribution in [0.5, 0.6) is 0 Å². The van der Waals surface area contributed by atoms with Crippen LogP contribution in [0.4, 0.5) is 5.82 Å². The maximum Gasteiger partial charge on any atom is 0.356 e. The van der Waals surface area contributed by atoms with Gasteiger partial charge in [0.15, 0.2) is 5.69 Å². The monoisotopic (exact) mass is 219 g/mol. The average molecular weight is 219 g/mol. The number of terminal acetylenes is 1. The summed E-state index contributed by atoms with van der Waals surface area (Å²) in [6, 6.07) is 2.96. The molecule has 1 heterocycles. The Kier molecular flexibility index (Phi) is 3.46. The van der Waals surface area contributed by atoms with Crippen molar-refractivity contribution in [3.63, 3.8) is 0 Å². The topological polar surface area (TPSA) is 75.1 Å². The summed E-state index contributed by atoms with van der Waals surface area (Å²) < 4.78 is 0. The van der Waals surface area contributed by atoms with Crippen LogP contribution in [0.2, 0.25) is 0 Å². The molecule has 5 nitrogen and oxygen atoms in total. The lowest BCUT2D eigenvalue weighted by Gasteiger charge is -2.23. The first-order valence-corrected chi connectivity index (χ1v) is 4.73. The highest BCUT2D eigenvalue weighted by atomic mass is 16.4. The molecule has 1 rings (SSSR count). The molecule has 0 aliphatic rings. The zero-order valence-electron chi connectivity index (χ0n) is 9.19. The van der Waals surface area contributed by atoms with E-state index in [2.05, 4.69) is 21.4 Å². The Bertz CT molecular complexity index is 418. The molecule has 0 saturated carbocycles. The minimum atomic E-state index is -1.10. The lowest BCUT2D eigenvalue weighted by Crippen LogP contribution is -2.30. The van der Waals surface area contributed by atoms with Crippen LogP contribution in [0.25, 0.3) is 0 Å². The number of carboxylic acids is 1. The number of hydrogen-bond acceptors (Lipinski definition) is 4. The first-order valence-electron chi connectivity index (χ1n) is 4.73. The average Bonchev–Trinajstić information content (AvgIpc) is 2.17. The third kappa shape index (κ3) is 3.24. The second-order valence-corrected chi connectivity index (χ2v) is 4.00. The highest BCUT2D eigenvalue weighted by Crippen LogP contribution is 2.15. The predicted octanol–water partition coefficient (Wildman–Crippen LogP) is 1.39. The van der Waals surface area contributed by atoms with Crippen LogP contribution < -0.4 is 5.32 Å². The van der Waals surface area contributed by atoms with Crippen LogP contribution in [-0.2, 0) is 0 Å². The molecule has 0 saturated heterocycles. The lowest BCUT2D eigenvalue weighted by atomic mass is 10.0. The van der Waals surface area contributed by atoms with E-state index in [1.807, 2.05) is 13.8 Å². The van der Waals surface area contributed by atoms with Crippen molar-refractivity contribution in [2.45, 2.75) is 25.8 Å². The van der Waals surface area contributed by atoms with E-state index in [0.29, 0.717) is 12.2 Å². The molecule has 0 fully saturated rings. The number of anilines is 1. The number of rotatable bonds is 4. The van der Waals surface area contributed by atoms with Crippen molar-refractivity contribution in [3.05, 3.63) is 17.8 Å². The Hall–Kier alpha value is -2.09. The Morgan fingerprint density at radius 1 is 1.56 bits per heavy atom. The number of aromatic nitrogens is 2. The highest BCUT2D eigenvalue weighted by molar-refractivity contribution is 5.85. The van der Waals surface area contributed by atoms with Gasteiger partial charge in [-0.25, -0.2) is 4.79 Å². The zero-order chi connectivity index (χ0) is 12.2. The maximum atomic E-state index is 10.6. The summed E-state index contributed by atoms with van der Waals surface area (Å²) >= 11 is 0. The first kappa shape index (κ1) is 12.0. The number of hydrogen-bond donors (Lipinski definition) is 2. The van der Waals surface area contributed by atoms with E-state index in [-0.39, 0.29) is 11.2 Å². The number of carbonyl (C=O) groups is 1. The molecule has 5 heteroatoms. The van der Waals surface area contributed by atoms with Crippen molar-refractivity contribution in [2.24, 2.45) is 0 Å². The minimum absolute atomic E-state index is 0.0831. The summed E-state index contributed by atoms with van der Waals surface area (Å²) in [6.07, 6.45) is 5.77. The van der Waals surface area contributed by atoms with E-state index in [9.17, 15) is 4.79 Å². The summed E-state index contributed by atoms with van der Waals surface area (Å²) in [5.74, 6) is 1.96. The molecule has 84 valence electrons. The van der Waals surface area contributed by atoms with Crippen molar-refractivity contribution in [3.8, 4) is 12.3 Å². The second-order valence-electron chi connectivity index (χ2n) is 4.00. The highest BCUT2D eigenvalue weighted by Gasteiger charge is 2.16. The van der Waals surface area contributed by atoms with Gasteiger partial charge in [-0.1, -0.05) is 0 Å². The molecule has 2 N–H and O–H groups in total. The molecule has 0 aliphatic heterocycles. The Labute approximate surface area is 93.9 Å². The molecule has 0 atom stereocenters. The molecular weight excluding hydrogens is 206 g/mol. The van der Waals surface area contributed by atoms with Gasteiger partial charge < -0.3 is 10.4 Å². The number of aromatic carboxylic acids is 1. The Morgan fingerprint density at radius 3 is 2.69 bits per heavy atom. The molecule has 0 aliphatic carbocycles. The lowest BCUT2D eigenvalue weighted by molar-refractivity contribution is 0.0689. The summed E-state index contributed by atoms with van der Waals surface area (Å²) in [7, 11) is 0. The van der Waals surface area contributed by atoms with Gasteiger partial charge in [0.05, 0.1) is 0 Å². The normalized spacial score (nSPS) is 10.6. The van der Waals surface area contributed by atoms with Crippen molar-refractivity contribution >= 4 is 11.8 Å². The number of nitrogens with zero attached hydrogens (tertiary/aromatic N) is 2. The zero-order valence-corrected chi connectivity index (χ0v) is 9.19. The maximum absolute atomic E-state index is 10.6. The quantitative estimate of drug-likeness (QED) is 0.748. The van der Waals surface area contributed by atoms with Gasteiger partial charge in [0, 0.05) is 12.0 Å². The fourth-order valence-electron chi connectivity index (χ4n) is 1.16. The van der Waals surface area contributed by atoms with Crippen molar-refractivity contribution in [2.75, 3.05) is 5.32 Å². The Balaban J connectivity index is 2.76. The van der Waals surface area contributed by atoms with E-state index in [0.717, 1.165) is 0 Å². The summed E-state index contributed by atoms with van der Waals surface area (Å²) in [4.78, 5) is 10.6. The summed E-state index contributed by atoms with van der Waals surface area (Å²) in [5.41, 5.74) is -0.381. The van der Waals surface area contributed by atoms with Gasteiger partial charge in [-0.3, -0.25) is 0 Å². The van der Waals surface area contributed by atoms with Crippen LogP contribution in [0.15, 0.2) is 12.1 Å². The molecule has 0 aromatic carbocycles. The number of nitrogens with one attached hydrogen (secondary N) is 1. The summed E-state index contributed by atoms with van der Waals surface area (Å²) in [5, 5.41) is 19.0. The van der Waals surface area contributed by atoms with Crippen molar-refractivity contribution in [1.29, 1.82) is 0 Å². The molecular formula is C11H13N3O2. The van der Waals surface area contributed by atoms with Gasteiger partial charge in [-0.2, -0.15) is 0 Å². The number of carboxylic acid groups (broad SMARTS) is 1.